The molecule has 0 rings (SSSR count). The molecule has 1 N–H and O–H groups in total. The third kappa shape index (κ3) is 6.88. The molecule has 3 nitrogen and oxygen atoms in total. The topological polar surface area (TPSA) is 30.5 Å². The Morgan fingerprint density at radius 1 is 1.07 bits per heavy atom. The molecule has 0 radical (unpaired) electrons. The van der Waals surface area contributed by atoms with Gasteiger partial charge in [0.05, 0.1) is 6.04 Å². The molecule has 0 spiro atoms. The molecule has 1 unspecified atom stereocenters. The number of methoxy groups -OCH3 is 2. The Morgan fingerprint density at radius 2 is 1.67 bits per heavy atom. The van der Waals surface area contributed by atoms with E-state index in [9.17, 15) is 0 Å². The van der Waals surface area contributed by atoms with Gasteiger partial charge in [-0.2, -0.15) is 0 Å². The van der Waals surface area contributed by atoms with E-state index in [1.54, 1.807) is 14.2 Å². The third-order valence-corrected chi connectivity index (χ3v) is 2.56. The highest BCUT2D eigenvalue weighted by atomic mass is 16.7. The Labute approximate surface area is 94.5 Å². The summed E-state index contributed by atoms with van der Waals surface area (Å²) in [5, 5.41) is 3.41. The molecule has 0 fully saturated rings. The van der Waals surface area contributed by atoms with E-state index in [0.29, 0.717) is 6.04 Å². The number of ether oxygens (including phenoxy) is 2. The van der Waals surface area contributed by atoms with Crippen LogP contribution < -0.4 is 5.32 Å². The smallest absolute Gasteiger partial charge is 0.171 e. The van der Waals surface area contributed by atoms with Crippen LogP contribution >= 0.6 is 0 Å². The minimum Gasteiger partial charge on any atom is -0.354 e. The summed E-state index contributed by atoms with van der Waals surface area (Å²) in [5.41, 5.74) is 0. The molecular formula is C12H27NO2. The zero-order valence-corrected chi connectivity index (χ0v) is 10.9. The van der Waals surface area contributed by atoms with Gasteiger partial charge >= 0.3 is 0 Å². The van der Waals surface area contributed by atoms with Crippen molar-refractivity contribution in [2.45, 2.75) is 52.4 Å². The van der Waals surface area contributed by atoms with Gasteiger partial charge in [0.1, 0.15) is 0 Å². The van der Waals surface area contributed by atoms with Gasteiger partial charge in [-0.05, 0) is 18.9 Å². The Morgan fingerprint density at radius 3 is 2.07 bits per heavy atom. The fourth-order valence-electron chi connectivity index (χ4n) is 1.77. The van der Waals surface area contributed by atoms with Crippen LogP contribution in [0.5, 0.6) is 0 Å². The number of likely N-dealkylation sites (N-methyl/N-ethyl adjacent to an activating group) is 1. The monoisotopic (exact) mass is 217 g/mol. The van der Waals surface area contributed by atoms with E-state index >= 15 is 0 Å². The van der Waals surface area contributed by atoms with Crippen LogP contribution in [-0.2, 0) is 9.47 Å². The molecule has 0 saturated heterocycles. The molecule has 0 amide bonds. The standard InChI is InChI=1S/C12H27NO2/c1-6-13-11(12(14-4)15-5)9-7-8-10(2)3/h10-13H,6-9H2,1-5H3. The second-order valence-corrected chi connectivity index (χ2v) is 4.33. The van der Waals surface area contributed by atoms with Crippen molar-refractivity contribution < 1.29 is 9.47 Å². The van der Waals surface area contributed by atoms with Crippen molar-refractivity contribution in [3.63, 3.8) is 0 Å². The molecule has 0 aliphatic heterocycles. The van der Waals surface area contributed by atoms with Gasteiger partial charge in [-0.3, -0.25) is 0 Å². The van der Waals surface area contributed by atoms with Crippen molar-refractivity contribution in [2.75, 3.05) is 20.8 Å². The predicted molar refractivity (Wildman–Crippen MR) is 64.0 cm³/mol. The first kappa shape index (κ1) is 14.9. The summed E-state index contributed by atoms with van der Waals surface area (Å²) in [6.45, 7) is 7.58. The minimum atomic E-state index is -0.128. The van der Waals surface area contributed by atoms with Gasteiger partial charge in [0.25, 0.3) is 0 Å². The zero-order valence-electron chi connectivity index (χ0n) is 10.9. The lowest BCUT2D eigenvalue weighted by Gasteiger charge is -2.25. The van der Waals surface area contributed by atoms with Gasteiger partial charge < -0.3 is 14.8 Å². The highest BCUT2D eigenvalue weighted by Gasteiger charge is 2.19. The van der Waals surface area contributed by atoms with Crippen LogP contribution in [0.25, 0.3) is 0 Å². The Hall–Kier alpha value is -0.120. The maximum absolute atomic E-state index is 5.29. The van der Waals surface area contributed by atoms with Crippen LogP contribution in [0.4, 0.5) is 0 Å². The summed E-state index contributed by atoms with van der Waals surface area (Å²) in [5.74, 6) is 0.774. The minimum absolute atomic E-state index is 0.128. The van der Waals surface area contributed by atoms with Crippen molar-refractivity contribution in [1.82, 2.24) is 5.32 Å². The summed E-state index contributed by atoms with van der Waals surface area (Å²) < 4.78 is 10.6. The van der Waals surface area contributed by atoms with E-state index in [1.807, 2.05) is 0 Å². The van der Waals surface area contributed by atoms with Crippen molar-refractivity contribution >= 4 is 0 Å². The SMILES string of the molecule is CCNC(CCCC(C)C)C(OC)OC. The first-order valence-corrected chi connectivity index (χ1v) is 5.94. The molecule has 15 heavy (non-hydrogen) atoms. The van der Waals surface area contributed by atoms with E-state index in [-0.39, 0.29) is 6.29 Å². The molecule has 0 aliphatic carbocycles. The fraction of sp³-hybridized carbons (Fsp3) is 1.00. The molecule has 0 aliphatic rings. The fourth-order valence-corrected chi connectivity index (χ4v) is 1.77. The lowest BCUT2D eigenvalue weighted by Crippen LogP contribution is -2.42. The summed E-state index contributed by atoms with van der Waals surface area (Å²) in [4.78, 5) is 0. The average molecular weight is 217 g/mol. The summed E-state index contributed by atoms with van der Waals surface area (Å²) >= 11 is 0. The van der Waals surface area contributed by atoms with Gasteiger partial charge in [-0.25, -0.2) is 0 Å². The van der Waals surface area contributed by atoms with Crippen LogP contribution in [-0.4, -0.2) is 33.1 Å². The Bertz CT molecular complexity index is 136. The van der Waals surface area contributed by atoms with Crippen LogP contribution in [0.15, 0.2) is 0 Å². The first-order valence-electron chi connectivity index (χ1n) is 5.94. The van der Waals surface area contributed by atoms with E-state index in [1.165, 1.54) is 12.8 Å². The number of hydrogen-bond donors (Lipinski definition) is 1. The highest BCUT2D eigenvalue weighted by Crippen LogP contribution is 2.12. The summed E-state index contributed by atoms with van der Waals surface area (Å²) in [6, 6.07) is 0.309. The molecular weight excluding hydrogens is 190 g/mol. The Kier molecular flexibility index (Phi) is 9.06. The van der Waals surface area contributed by atoms with E-state index in [4.69, 9.17) is 9.47 Å². The second kappa shape index (κ2) is 9.13. The van der Waals surface area contributed by atoms with Crippen LogP contribution in [0.1, 0.15) is 40.0 Å². The molecule has 0 aromatic rings. The largest absolute Gasteiger partial charge is 0.354 e. The molecule has 0 bridgehead atoms. The molecule has 0 aromatic heterocycles. The lowest BCUT2D eigenvalue weighted by atomic mass is 10.0. The number of hydrogen-bond acceptors (Lipinski definition) is 3. The van der Waals surface area contributed by atoms with E-state index < -0.39 is 0 Å². The maximum Gasteiger partial charge on any atom is 0.171 e. The maximum atomic E-state index is 5.29. The molecule has 1 atom stereocenters. The van der Waals surface area contributed by atoms with Gasteiger partial charge in [0.15, 0.2) is 6.29 Å². The van der Waals surface area contributed by atoms with Crippen molar-refractivity contribution in [3.05, 3.63) is 0 Å². The van der Waals surface area contributed by atoms with E-state index in [2.05, 4.69) is 26.1 Å². The second-order valence-electron chi connectivity index (χ2n) is 4.33. The summed E-state index contributed by atoms with van der Waals surface area (Å²) in [7, 11) is 3.39. The molecule has 0 aromatic carbocycles. The van der Waals surface area contributed by atoms with Gasteiger partial charge in [0, 0.05) is 14.2 Å². The summed E-state index contributed by atoms with van der Waals surface area (Å²) in [6.07, 6.45) is 3.47. The van der Waals surface area contributed by atoms with Crippen LogP contribution in [0.3, 0.4) is 0 Å². The van der Waals surface area contributed by atoms with Gasteiger partial charge in [-0.15, -0.1) is 0 Å². The lowest BCUT2D eigenvalue weighted by molar-refractivity contribution is -0.124. The molecule has 3 heteroatoms. The van der Waals surface area contributed by atoms with Crippen molar-refractivity contribution in [2.24, 2.45) is 5.92 Å². The van der Waals surface area contributed by atoms with Crippen LogP contribution in [0.2, 0.25) is 0 Å². The average Bonchev–Trinajstić information content (AvgIpc) is 2.19. The predicted octanol–water partition coefficient (Wildman–Crippen LogP) is 2.41. The van der Waals surface area contributed by atoms with Gasteiger partial charge in [-0.1, -0.05) is 33.6 Å². The van der Waals surface area contributed by atoms with Crippen molar-refractivity contribution in [3.8, 4) is 0 Å². The molecule has 92 valence electrons. The third-order valence-electron chi connectivity index (χ3n) is 2.56. The highest BCUT2D eigenvalue weighted by molar-refractivity contribution is 4.70. The number of nitrogens with one attached hydrogen (secondary N) is 1. The van der Waals surface area contributed by atoms with Crippen molar-refractivity contribution in [1.29, 1.82) is 0 Å². The van der Waals surface area contributed by atoms with Gasteiger partial charge in [0.2, 0.25) is 0 Å². The quantitative estimate of drug-likeness (QED) is 0.602. The molecule has 0 heterocycles. The normalized spacial score (nSPS) is 13.8. The number of rotatable bonds is 9. The Balaban J connectivity index is 3.91. The van der Waals surface area contributed by atoms with E-state index in [0.717, 1.165) is 18.9 Å². The first-order chi connectivity index (χ1) is 7.15. The molecule has 0 saturated carbocycles. The van der Waals surface area contributed by atoms with Crippen LogP contribution in [0, 0.1) is 5.92 Å². The zero-order chi connectivity index (χ0) is 11.7.